The first-order chi connectivity index (χ1) is 9.79. The van der Waals surface area contributed by atoms with Crippen LogP contribution in [0.15, 0.2) is 36.9 Å². The number of hydrogen-bond acceptors (Lipinski definition) is 4. The average molecular weight is 271 g/mol. The van der Waals surface area contributed by atoms with Gasteiger partial charge in [0.25, 0.3) is 5.91 Å². The van der Waals surface area contributed by atoms with E-state index in [0.717, 1.165) is 25.1 Å². The number of hydrogen-bond donors (Lipinski definition) is 1. The van der Waals surface area contributed by atoms with Gasteiger partial charge in [0, 0.05) is 24.7 Å². The summed E-state index contributed by atoms with van der Waals surface area (Å²) in [5.74, 6) is 0.0416. The molecule has 1 aliphatic heterocycles. The summed E-state index contributed by atoms with van der Waals surface area (Å²) in [5.41, 5.74) is 7.23. The molecule has 1 saturated heterocycles. The molecular weight excluding hydrogens is 254 g/mol. The summed E-state index contributed by atoms with van der Waals surface area (Å²) in [6.45, 7) is 1.31. The van der Waals surface area contributed by atoms with E-state index in [1.165, 1.54) is 6.33 Å². The number of nitrogens with zero attached hydrogens (tertiary/aromatic N) is 4. The number of rotatable bonds is 3. The van der Waals surface area contributed by atoms with Gasteiger partial charge in [0.05, 0.1) is 5.69 Å². The van der Waals surface area contributed by atoms with E-state index in [-0.39, 0.29) is 11.9 Å². The molecule has 6 heteroatoms. The Bertz CT molecular complexity index is 595. The molecule has 1 aliphatic rings. The predicted octanol–water partition coefficient (Wildman–Crippen LogP) is 0.831. The lowest BCUT2D eigenvalue weighted by atomic mass is 10.1. The highest BCUT2D eigenvalue weighted by Crippen LogP contribution is 2.20. The molecule has 0 spiro atoms. The van der Waals surface area contributed by atoms with Crippen molar-refractivity contribution >= 4 is 5.91 Å². The highest BCUT2D eigenvalue weighted by atomic mass is 16.2. The average Bonchev–Trinajstić information content (AvgIpc) is 3.17. The number of aromatic nitrogens is 3. The Morgan fingerprint density at radius 2 is 2.35 bits per heavy atom. The third-order valence-electron chi connectivity index (χ3n) is 3.69. The first-order valence-electron chi connectivity index (χ1n) is 6.75. The summed E-state index contributed by atoms with van der Waals surface area (Å²) in [6, 6.07) is 7.59. The Hall–Kier alpha value is -2.21. The van der Waals surface area contributed by atoms with Crippen LogP contribution in [0.1, 0.15) is 23.2 Å². The minimum atomic E-state index is 0.0416. The third-order valence-corrected chi connectivity index (χ3v) is 3.69. The smallest absolute Gasteiger partial charge is 0.254 e. The van der Waals surface area contributed by atoms with Crippen molar-refractivity contribution in [3.8, 4) is 5.69 Å². The van der Waals surface area contributed by atoms with Crippen molar-refractivity contribution in [2.45, 2.75) is 18.9 Å². The molecule has 1 amide bonds. The number of benzene rings is 1. The molecule has 2 N–H and O–H groups in total. The molecule has 6 nitrogen and oxygen atoms in total. The molecule has 1 fully saturated rings. The Kier molecular flexibility index (Phi) is 3.47. The lowest BCUT2D eigenvalue weighted by molar-refractivity contribution is 0.0741. The van der Waals surface area contributed by atoms with Crippen LogP contribution in [0.4, 0.5) is 0 Å². The van der Waals surface area contributed by atoms with Crippen LogP contribution < -0.4 is 5.73 Å². The SMILES string of the molecule is NC[C@@H]1CCCN1C(=O)c1cccc(-n2cncn2)c1. The van der Waals surface area contributed by atoms with Gasteiger partial charge >= 0.3 is 0 Å². The Morgan fingerprint density at radius 1 is 1.45 bits per heavy atom. The van der Waals surface area contributed by atoms with Gasteiger partial charge in [-0.2, -0.15) is 5.10 Å². The molecule has 0 bridgehead atoms. The summed E-state index contributed by atoms with van der Waals surface area (Å²) in [7, 11) is 0. The lowest BCUT2D eigenvalue weighted by Crippen LogP contribution is -2.39. The van der Waals surface area contributed by atoms with Crippen molar-refractivity contribution in [3.05, 3.63) is 42.5 Å². The number of carbonyl (C=O) groups is 1. The third kappa shape index (κ3) is 2.30. The van der Waals surface area contributed by atoms with Crippen LogP contribution in [-0.2, 0) is 0 Å². The second kappa shape index (κ2) is 5.42. The first-order valence-corrected chi connectivity index (χ1v) is 6.75. The fourth-order valence-electron chi connectivity index (χ4n) is 2.64. The second-order valence-corrected chi connectivity index (χ2v) is 4.92. The van der Waals surface area contributed by atoms with Gasteiger partial charge in [-0.25, -0.2) is 9.67 Å². The molecule has 2 aromatic rings. The lowest BCUT2D eigenvalue weighted by Gasteiger charge is -2.23. The molecule has 0 saturated carbocycles. The number of likely N-dealkylation sites (tertiary alicyclic amines) is 1. The minimum Gasteiger partial charge on any atom is -0.334 e. The van der Waals surface area contributed by atoms with Gasteiger partial charge < -0.3 is 10.6 Å². The molecule has 20 heavy (non-hydrogen) atoms. The molecule has 1 aromatic heterocycles. The normalized spacial score (nSPS) is 18.4. The van der Waals surface area contributed by atoms with Gasteiger partial charge in [-0.05, 0) is 31.0 Å². The van der Waals surface area contributed by atoms with Crippen molar-refractivity contribution in [3.63, 3.8) is 0 Å². The minimum absolute atomic E-state index is 0.0416. The maximum absolute atomic E-state index is 12.6. The van der Waals surface area contributed by atoms with E-state index in [0.29, 0.717) is 12.1 Å². The van der Waals surface area contributed by atoms with Gasteiger partial charge in [-0.3, -0.25) is 4.79 Å². The van der Waals surface area contributed by atoms with Gasteiger partial charge in [-0.1, -0.05) is 6.07 Å². The first kappa shape index (κ1) is 12.8. The van der Waals surface area contributed by atoms with Crippen LogP contribution in [0.3, 0.4) is 0 Å². The van der Waals surface area contributed by atoms with Crippen molar-refractivity contribution in [1.82, 2.24) is 19.7 Å². The molecule has 0 radical (unpaired) electrons. The Labute approximate surface area is 117 Å². The molecule has 0 unspecified atom stereocenters. The number of carbonyl (C=O) groups excluding carboxylic acids is 1. The zero-order chi connectivity index (χ0) is 13.9. The van der Waals surface area contributed by atoms with E-state index >= 15 is 0 Å². The second-order valence-electron chi connectivity index (χ2n) is 4.92. The van der Waals surface area contributed by atoms with Crippen LogP contribution in [0.5, 0.6) is 0 Å². The van der Waals surface area contributed by atoms with Gasteiger partial charge in [0.1, 0.15) is 12.7 Å². The monoisotopic (exact) mass is 271 g/mol. The zero-order valence-corrected chi connectivity index (χ0v) is 11.1. The standard InChI is InChI=1S/C14H17N5O/c15-8-13-5-2-6-18(13)14(20)11-3-1-4-12(7-11)19-10-16-9-17-19/h1,3-4,7,9-10,13H,2,5-6,8,15H2/t13-/m0/s1. The quantitative estimate of drug-likeness (QED) is 0.897. The van der Waals surface area contributed by atoms with Crippen LogP contribution in [0, 0.1) is 0 Å². The molecule has 0 aliphatic carbocycles. The summed E-state index contributed by atoms with van der Waals surface area (Å²) in [4.78, 5) is 18.4. The number of nitrogens with two attached hydrogens (primary N) is 1. The van der Waals surface area contributed by atoms with Crippen LogP contribution in [-0.4, -0.2) is 44.7 Å². The molecule has 1 aromatic carbocycles. The fourth-order valence-corrected chi connectivity index (χ4v) is 2.64. The van der Waals surface area contributed by atoms with Crippen LogP contribution in [0.2, 0.25) is 0 Å². The maximum Gasteiger partial charge on any atom is 0.254 e. The van der Waals surface area contributed by atoms with Crippen molar-refractivity contribution < 1.29 is 4.79 Å². The van der Waals surface area contributed by atoms with Crippen LogP contribution in [0.25, 0.3) is 5.69 Å². The highest BCUT2D eigenvalue weighted by molar-refractivity contribution is 5.95. The van der Waals surface area contributed by atoms with E-state index in [2.05, 4.69) is 10.1 Å². The van der Waals surface area contributed by atoms with Crippen molar-refractivity contribution in [1.29, 1.82) is 0 Å². The fraction of sp³-hybridized carbons (Fsp3) is 0.357. The summed E-state index contributed by atoms with van der Waals surface area (Å²) in [6.07, 6.45) is 5.10. The van der Waals surface area contributed by atoms with E-state index in [1.807, 2.05) is 29.2 Å². The largest absolute Gasteiger partial charge is 0.334 e. The van der Waals surface area contributed by atoms with Crippen molar-refractivity contribution in [2.24, 2.45) is 5.73 Å². The van der Waals surface area contributed by atoms with E-state index in [4.69, 9.17) is 5.73 Å². The van der Waals surface area contributed by atoms with E-state index < -0.39 is 0 Å². The number of amides is 1. The predicted molar refractivity (Wildman–Crippen MR) is 74.5 cm³/mol. The highest BCUT2D eigenvalue weighted by Gasteiger charge is 2.28. The van der Waals surface area contributed by atoms with Crippen molar-refractivity contribution in [2.75, 3.05) is 13.1 Å². The van der Waals surface area contributed by atoms with E-state index in [9.17, 15) is 4.79 Å². The van der Waals surface area contributed by atoms with Gasteiger partial charge in [-0.15, -0.1) is 0 Å². The zero-order valence-electron chi connectivity index (χ0n) is 11.1. The van der Waals surface area contributed by atoms with Gasteiger partial charge in [0.15, 0.2) is 0 Å². The molecule has 1 atom stereocenters. The molecule has 2 heterocycles. The summed E-state index contributed by atoms with van der Waals surface area (Å²) >= 11 is 0. The van der Waals surface area contributed by atoms with Gasteiger partial charge in [0.2, 0.25) is 0 Å². The maximum atomic E-state index is 12.6. The molecule has 3 rings (SSSR count). The van der Waals surface area contributed by atoms with E-state index in [1.54, 1.807) is 11.0 Å². The Balaban J connectivity index is 1.87. The molecule has 104 valence electrons. The Morgan fingerprint density at radius 3 is 3.10 bits per heavy atom. The van der Waals surface area contributed by atoms with Crippen LogP contribution >= 0.6 is 0 Å². The molecular formula is C14H17N5O. The topological polar surface area (TPSA) is 77.0 Å². The summed E-state index contributed by atoms with van der Waals surface area (Å²) in [5, 5.41) is 4.08. The summed E-state index contributed by atoms with van der Waals surface area (Å²) < 4.78 is 1.64.